The van der Waals surface area contributed by atoms with E-state index in [1.54, 1.807) is 6.26 Å². The predicted molar refractivity (Wildman–Crippen MR) is 131 cm³/mol. The summed E-state index contributed by atoms with van der Waals surface area (Å²) in [6.07, 6.45) is 7.88. The van der Waals surface area contributed by atoms with E-state index in [9.17, 15) is 9.90 Å². The fourth-order valence-electron chi connectivity index (χ4n) is 4.20. The van der Waals surface area contributed by atoms with Crippen molar-refractivity contribution < 1.29 is 23.8 Å². The number of hydrogen-bond donors (Lipinski definition) is 1. The number of ether oxygens (including phenoxy) is 2. The van der Waals surface area contributed by atoms with Gasteiger partial charge in [-0.05, 0) is 42.0 Å². The van der Waals surface area contributed by atoms with Crippen LogP contribution in [0.3, 0.4) is 0 Å². The highest BCUT2D eigenvalue weighted by atomic mass is 16.5. The first-order chi connectivity index (χ1) is 16.0. The van der Waals surface area contributed by atoms with Gasteiger partial charge in [0.05, 0.1) is 31.5 Å². The second-order valence-corrected chi connectivity index (χ2v) is 8.66. The highest BCUT2D eigenvalue weighted by Gasteiger charge is 2.27. The van der Waals surface area contributed by atoms with Gasteiger partial charge >= 0.3 is 5.97 Å². The molecule has 176 valence electrons. The highest BCUT2D eigenvalue weighted by Crippen LogP contribution is 2.39. The zero-order valence-corrected chi connectivity index (χ0v) is 20.0. The van der Waals surface area contributed by atoms with Crippen LogP contribution in [-0.2, 0) is 22.6 Å². The van der Waals surface area contributed by atoms with E-state index in [1.807, 2.05) is 49.4 Å². The number of hydrogen-bond acceptors (Lipinski definition) is 5. The third-order valence-electron chi connectivity index (χ3n) is 5.68. The van der Waals surface area contributed by atoms with E-state index in [2.05, 4.69) is 19.9 Å². The molecule has 0 aliphatic rings. The van der Waals surface area contributed by atoms with Gasteiger partial charge in [-0.2, -0.15) is 0 Å². The lowest BCUT2D eigenvalue weighted by molar-refractivity contribution is -0.142. The quantitative estimate of drug-likeness (QED) is 0.349. The van der Waals surface area contributed by atoms with Crippen molar-refractivity contribution in [1.82, 2.24) is 0 Å². The maximum atomic E-state index is 12.5. The fraction of sp³-hybridized carbons (Fsp3) is 0.393. The number of esters is 1. The van der Waals surface area contributed by atoms with Crippen LogP contribution in [0.4, 0.5) is 0 Å². The van der Waals surface area contributed by atoms with Gasteiger partial charge in [-0.3, -0.25) is 4.79 Å². The van der Waals surface area contributed by atoms with Gasteiger partial charge < -0.3 is 19.0 Å². The minimum atomic E-state index is -0.403. The summed E-state index contributed by atoms with van der Waals surface area (Å²) in [4.78, 5) is 12.5. The smallest absolute Gasteiger partial charge is 0.313 e. The number of aliphatic hydroxyl groups is 1. The summed E-state index contributed by atoms with van der Waals surface area (Å²) in [6, 6.07) is 12.1. The van der Waals surface area contributed by atoms with E-state index in [4.69, 9.17) is 13.9 Å². The van der Waals surface area contributed by atoms with E-state index in [1.165, 1.54) is 7.11 Å². The second-order valence-electron chi connectivity index (χ2n) is 8.66. The molecule has 3 rings (SSSR count). The third-order valence-corrected chi connectivity index (χ3v) is 5.68. The van der Waals surface area contributed by atoms with Crippen molar-refractivity contribution in [3.8, 4) is 5.75 Å². The Balaban J connectivity index is 2.01. The van der Waals surface area contributed by atoms with Crippen molar-refractivity contribution in [3.05, 3.63) is 71.0 Å². The molecule has 1 atom stereocenters. The number of benzene rings is 2. The monoisotopic (exact) mass is 450 g/mol. The van der Waals surface area contributed by atoms with E-state index in [-0.39, 0.29) is 12.6 Å². The Morgan fingerprint density at radius 1 is 1.21 bits per heavy atom. The van der Waals surface area contributed by atoms with Crippen molar-refractivity contribution in [1.29, 1.82) is 0 Å². The van der Waals surface area contributed by atoms with E-state index in [0.29, 0.717) is 35.8 Å². The number of aliphatic hydroxyl groups excluding tert-OH is 1. The van der Waals surface area contributed by atoms with Crippen molar-refractivity contribution in [2.24, 2.45) is 5.92 Å². The van der Waals surface area contributed by atoms with Gasteiger partial charge in [0, 0.05) is 10.9 Å². The Hall–Kier alpha value is -3.05. The van der Waals surface area contributed by atoms with Crippen LogP contribution in [-0.4, -0.2) is 24.8 Å². The molecule has 1 N–H and O–H groups in total. The number of rotatable bonds is 11. The van der Waals surface area contributed by atoms with Gasteiger partial charge in [0.1, 0.15) is 17.9 Å². The Bertz CT molecular complexity index is 1080. The van der Waals surface area contributed by atoms with Crippen molar-refractivity contribution in [3.63, 3.8) is 0 Å². The molecule has 33 heavy (non-hydrogen) atoms. The molecule has 3 aromatic rings. The van der Waals surface area contributed by atoms with E-state index < -0.39 is 5.92 Å². The van der Waals surface area contributed by atoms with Crippen LogP contribution in [0.2, 0.25) is 0 Å². The first kappa shape index (κ1) is 24.6. The summed E-state index contributed by atoms with van der Waals surface area (Å²) in [5.41, 5.74) is 4.07. The molecular formula is C28H34O5. The first-order valence-electron chi connectivity index (χ1n) is 11.6. The molecule has 5 heteroatoms. The average Bonchev–Trinajstić information content (AvgIpc) is 3.23. The molecule has 0 amide bonds. The number of carbonyl (C=O) groups excluding carboxylic acids is 1. The first-order valence-corrected chi connectivity index (χ1v) is 11.6. The summed E-state index contributed by atoms with van der Waals surface area (Å²) in [7, 11) is 1.41. The maximum Gasteiger partial charge on any atom is 0.313 e. The zero-order chi connectivity index (χ0) is 23.8. The Labute approximate surface area is 196 Å². The van der Waals surface area contributed by atoms with Crippen LogP contribution in [0.5, 0.6) is 5.75 Å². The van der Waals surface area contributed by atoms with Crippen molar-refractivity contribution in [2.45, 2.75) is 52.6 Å². The van der Waals surface area contributed by atoms with Gasteiger partial charge in [-0.1, -0.05) is 63.6 Å². The van der Waals surface area contributed by atoms with Crippen molar-refractivity contribution >= 4 is 23.0 Å². The lowest BCUT2D eigenvalue weighted by atomic mass is 9.91. The molecule has 0 saturated heterocycles. The van der Waals surface area contributed by atoms with Crippen LogP contribution < -0.4 is 4.74 Å². The molecule has 5 nitrogen and oxygen atoms in total. The summed E-state index contributed by atoms with van der Waals surface area (Å²) in [5.74, 6) is 0.364. The summed E-state index contributed by atoms with van der Waals surface area (Å²) in [6.45, 7) is 6.48. The number of methoxy groups -OCH3 is 1. The molecule has 1 heterocycles. The topological polar surface area (TPSA) is 68.9 Å². The normalized spacial score (nSPS) is 12.5. The molecule has 0 radical (unpaired) electrons. The molecule has 0 fully saturated rings. The van der Waals surface area contributed by atoms with E-state index >= 15 is 0 Å². The molecular weight excluding hydrogens is 416 g/mol. The molecule has 0 aliphatic carbocycles. The Morgan fingerprint density at radius 2 is 1.97 bits per heavy atom. The molecule has 2 aromatic carbocycles. The third kappa shape index (κ3) is 5.85. The molecule has 1 unspecified atom stereocenters. The molecule has 1 aromatic heterocycles. The van der Waals surface area contributed by atoms with Gasteiger partial charge in [-0.15, -0.1) is 0 Å². The largest absolute Gasteiger partial charge is 0.489 e. The van der Waals surface area contributed by atoms with Gasteiger partial charge in [0.25, 0.3) is 0 Å². The van der Waals surface area contributed by atoms with Crippen LogP contribution in [0.1, 0.15) is 61.8 Å². The number of fused-ring (bicyclic) bond motifs is 1. The molecule has 0 saturated carbocycles. The van der Waals surface area contributed by atoms with Gasteiger partial charge in [0.15, 0.2) is 0 Å². The van der Waals surface area contributed by atoms with Crippen LogP contribution in [0, 0.1) is 5.92 Å². The minimum Gasteiger partial charge on any atom is -0.489 e. The maximum absolute atomic E-state index is 12.5. The Kier molecular flexibility index (Phi) is 8.72. The minimum absolute atomic E-state index is 0.218. The molecule has 0 spiro atoms. The van der Waals surface area contributed by atoms with Crippen LogP contribution >= 0.6 is 0 Å². The lowest BCUT2D eigenvalue weighted by Crippen LogP contribution is -2.14. The molecule has 0 bridgehead atoms. The fourth-order valence-corrected chi connectivity index (χ4v) is 4.20. The predicted octanol–water partition coefficient (Wildman–Crippen LogP) is 6.27. The Morgan fingerprint density at radius 3 is 2.61 bits per heavy atom. The highest BCUT2D eigenvalue weighted by molar-refractivity contribution is 5.92. The van der Waals surface area contributed by atoms with Crippen LogP contribution in [0.15, 0.2) is 53.2 Å². The average molecular weight is 451 g/mol. The second kappa shape index (κ2) is 11.7. The zero-order valence-electron chi connectivity index (χ0n) is 20.0. The summed E-state index contributed by atoms with van der Waals surface area (Å²) in [5, 5.41) is 11.1. The van der Waals surface area contributed by atoms with Crippen molar-refractivity contribution in [2.75, 3.05) is 13.7 Å². The summed E-state index contributed by atoms with van der Waals surface area (Å²) >= 11 is 0. The lowest BCUT2D eigenvalue weighted by Gasteiger charge is -2.18. The number of carbonyl (C=O) groups is 1. The van der Waals surface area contributed by atoms with Crippen LogP contribution in [0.25, 0.3) is 17.0 Å². The van der Waals surface area contributed by atoms with E-state index in [0.717, 1.165) is 34.9 Å². The van der Waals surface area contributed by atoms with Gasteiger partial charge in [-0.25, -0.2) is 0 Å². The summed E-state index contributed by atoms with van der Waals surface area (Å²) < 4.78 is 17.1. The standard InChI is InChI=1S/C28H34O5/c1-5-10-22(28(30)31-4)25-18-33-27-23(25)16-21(15-19(2)3)26(24(27)17-29)32-14-9-13-20-11-7-6-8-12-20/h6-9,11-13,16,18-19,22,29H,5,10,14-15,17H2,1-4H3/b13-9+. The molecule has 0 aliphatic heterocycles. The SMILES string of the molecule is CCCC(C(=O)OC)c1coc2c(CO)c(OC/C=C/c3ccccc3)c(CC(C)C)cc12. The van der Waals surface area contributed by atoms with Gasteiger partial charge in [0.2, 0.25) is 0 Å². The number of furan rings is 1.